The SMILES string of the molecule is Fc1ccc(-c2cc(F)cc(-c3ccc(F)cc3)c2)cc1. The average molecular weight is 284 g/mol. The molecule has 104 valence electrons. The van der Waals surface area contributed by atoms with E-state index in [0.717, 1.165) is 11.1 Å². The van der Waals surface area contributed by atoms with Crippen molar-refractivity contribution in [3.63, 3.8) is 0 Å². The third-order valence-corrected chi connectivity index (χ3v) is 3.25. The molecular weight excluding hydrogens is 273 g/mol. The summed E-state index contributed by atoms with van der Waals surface area (Å²) in [5.74, 6) is -1.07. The van der Waals surface area contributed by atoms with E-state index in [1.165, 1.54) is 36.4 Å². The second-order valence-corrected chi connectivity index (χ2v) is 4.74. The van der Waals surface area contributed by atoms with Gasteiger partial charge in [-0.2, -0.15) is 0 Å². The maximum absolute atomic E-state index is 13.8. The van der Waals surface area contributed by atoms with Crippen molar-refractivity contribution in [1.82, 2.24) is 0 Å². The van der Waals surface area contributed by atoms with E-state index in [4.69, 9.17) is 0 Å². The quantitative estimate of drug-likeness (QED) is 0.588. The van der Waals surface area contributed by atoms with E-state index in [1.807, 2.05) is 0 Å². The molecule has 0 bridgehead atoms. The summed E-state index contributed by atoms with van der Waals surface area (Å²) >= 11 is 0. The number of halogens is 3. The lowest BCUT2D eigenvalue weighted by molar-refractivity contribution is 0.627. The van der Waals surface area contributed by atoms with Crippen LogP contribution in [0, 0.1) is 17.5 Å². The molecule has 0 N–H and O–H groups in total. The first-order chi connectivity index (χ1) is 10.1. The molecule has 0 spiro atoms. The number of rotatable bonds is 2. The largest absolute Gasteiger partial charge is 0.207 e. The van der Waals surface area contributed by atoms with Crippen molar-refractivity contribution in [2.75, 3.05) is 0 Å². The highest BCUT2D eigenvalue weighted by atomic mass is 19.1. The first-order valence-electron chi connectivity index (χ1n) is 6.44. The van der Waals surface area contributed by atoms with Crippen molar-refractivity contribution in [2.45, 2.75) is 0 Å². The Hall–Kier alpha value is -2.55. The van der Waals surface area contributed by atoms with Crippen LogP contribution < -0.4 is 0 Å². The summed E-state index contributed by atoms with van der Waals surface area (Å²) in [4.78, 5) is 0. The lowest BCUT2D eigenvalue weighted by Gasteiger charge is -2.07. The molecule has 0 heterocycles. The predicted molar refractivity (Wildman–Crippen MR) is 77.2 cm³/mol. The van der Waals surface area contributed by atoms with Crippen molar-refractivity contribution in [1.29, 1.82) is 0 Å². The summed E-state index contributed by atoms with van der Waals surface area (Å²) in [7, 11) is 0. The van der Waals surface area contributed by atoms with Gasteiger partial charge in [-0.25, -0.2) is 13.2 Å². The maximum Gasteiger partial charge on any atom is 0.124 e. The molecule has 3 aromatic carbocycles. The second kappa shape index (κ2) is 5.44. The molecule has 0 unspecified atom stereocenters. The molecule has 0 aliphatic rings. The third-order valence-electron chi connectivity index (χ3n) is 3.25. The zero-order valence-electron chi connectivity index (χ0n) is 11.0. The minimum atomic E-state index is -0.392. The topological polar surface area (TPSA) is 0 Å². The van der Waals surface area contributed by atoms with Crippen LogP contribution in [-0.2, 0) is 0 Å². The van der Waals surface area contributed by atoms with E-state index < -0.39 is 5.82 Å². The highest BCUT2D eigenvalue weighted by molar-refractivity contribution is 5.73. The van der Waals surface area contributed by atoms with Crippen LogP contribution in [0.15, 0.2) is 66.7 Å². The Morgan fingerprint density at radius 3 is 1.14 bits per heavy atom. The first-order valence-corrected chi connectivity index (χ1v) is 6.44. The Balaban J connectivity index is 2.07. The smallest absolute Gasteiger partial charge is 0.124 e. The molecule has 0 aliphatic heterocycles. The molecule has 0 radical (unpaired) electrons. The monoisotopic (exact) mass is 284 g/mol. The molecule has 0 amide bonds. The van der Waals surface area contributed by atoms with Gasteiger partial charge in [-0.05, 0) is 64.7 Å². The Labute approximate surface area is 120 Å². The van der Waals surface area contributed by atoms with Crippen LogP contribution >= 0.6 is 0 Å². The van der Waals surface area contributed by atoms with Gasteiger partial charge in [0.1, 0.15) is 17.5 Å². The minimum absolute atomic E-state index is 0.339. The molecule has 3 heteroatoms. The van der Waals surface area contributed by atoms with Crippen molar-refractivity contribution in [2.24, 2.45) is 0 Å². The van der Waals surface area contributed by atoms with Crippen LogP contribution in [0.1, 0.15) is 0 Å². The summed E-state index contributed by atoms with van der Waals surface area (Å²) in [6.07, 6.45) is 0. The fourth-order valence-electron chi connectivity index (χ4n) is 2.21. The van der Waals surface area contributed by atoms with Gasteiger partial charge in [0, 0.05) is 0 Å². The summed E-state index contributed by atoms with van der Waals surface area (Å²) in [6, 6.07) is 16.3. The van der Waals surface area contributed by atoms with Crippen molar-refractivity contribution in [3.05, 3.63) is 84.2 Å². The van der Waals surface area contributed by atoms with E-state index in [0.29, 0.717) is 11.1 Å². The van der Waals surface area contributed by atoms with E-state index >= 15 is 0 Å². The van der Waals surface area contributed by atoms with Crippen molar-refractivity contribution >= 4 is 0 Å². The predicted octanol–water partition coefficient (Wildman–Crippen LogP) is 5.44. The fraction of sp³-hybridized carbons (Fsp3) is 0. The Morgan fingerprint density at radius 2 is 0.762 bits per heavy atom. The van der Waals surface area contributed by atoms with Crippen LogP contribution in [-0.4, -0.2) is 0 Å². The highest BCUT2D eigenvalue weighted by Gasteiger charge is 2.06. The van der Waals surface area contributed by atoms with Crippen LogP contribution in [0.25, 0.3) is 22.3 Å². The van der Waals surface area contributed by atoms with E-state index in [1.54, 1.807) is 30.3 Å². The van der Waals surface area contributed by atoms with Gasteiger partial charge in [0.05, 0.1) is 0 Å². The Bertz CT molecular complexity index is 696. The molecule has 0 aromatic heterocycles. The zero-order chi connectivity index (χ0) is 14.8. The minimum Gasteiger partial charge on any atom is -0.207 e. The molecule has 21 heavy (non-hydrogen) atoms. The van der Waals surface area contributed by atoms with Gasteiger partial charge in [0.15, 0.2) is 0 Å². The van der Waals surface area contributed by atoms with Gasteiger partial charge in [-0.15, -0.1) is 0 Å². The van der Waals surface area contributed by atoms with Crippen molar-refractivity contribution in [3.8, 4) is 22.3 Å². The molecule has 0 saturated heterocycles. The summed E-state index contributed by atoms with van der Waals surface area (Å²) in [6.45, 7) is 0. The van der Waals surface area contributed by atoms with E-state index in [2.05, 4.69) is 0 Å². The Kier molecular flexibility index (Phi) is 3.48. The number of hydrogen-bond donors (Lipinski definition) is 0. The highest BCUT2D eigenvalue weighted by Crippen LogP contribution is 2.28. The van der Waals surface area contributed by atoms with Gasteiger partial charge < -0.3 is 0 Å². The zero-order valence-corrected chi connectivity index (χ0v) is 11.0. The molecule has 0 aliphatic carbocycles. The molecule has 0 saturated carbocycles. The second-order valence-electron chi connectivity index (χ2n) is 4.74. The summed E-state index contributed by atoms with van der Waals surface area (Å²) < 4.78 is 39.7. The van der Waals surface area contributed by atoms with Crippen LogP contribution in [0.2, 0.25) is 0 Å². The summed E-state index contributed by atoms with van der Waals surface area (Å²) in [5.41, 5.74) is 2.74. The number of benzene rings is 3. The van der Waals surface area contributed by atoms with Crippen LogP contribution in [0.4, 0.5) is 13.2 Å². The fourth-order valence-corrected chi connectivity index (χ4v) is 2.21. The molecule has 3 rings (SSSR count). The van der Waals surface area contributed by atoms with E-state index in [9.17, 15) is 13.2 Å². The van der Waals surface area contributed by atoms with Crippen molar-refractivity contribution < 1.29 is 13.2 Å². The van der Waals surface area contributed by atoms with Crippen LogP contribution in [0.5, 0.6) is 0 Å². The maximum atomic E-state index is 13.8. The lowest BCUT2D eigenvalue weighted by atomic mass is 9.99. The Morgan fingerprint density at radius 1 is 0.381 bits per heavy atom. The first kappa shape index (κ1) is 13.4. The number of hydrogen-bond acceptors (Lipinski definition) is 0. The average Bonchev–Trinajstić information content (AvgIpc) is 2.48. The molecule has 3 aromatic rings. The van der Waals surface area contributed by atoms with Crippen LogP contribution in [0.3, 0.4) is 0 Å². The molecule has 0 atom stereocenters. The standard InChI is InChI=1S/C18H11F3/c19-16-5-1-12(2-6-16)14-9-15(11-18(21)10-14)13-3-7-17(20)8-4-13/h1-11H. The molecule has 0 fully saturated rings. The third kappa shape index (κ3) is 2.97. The van der Waals surface area contributed by atoms with Gasteiger partial charge in [-0.1, -0.05) is 24.3 Å². The molecular formula is C18H11F3. The van der Waals surface area contributed by atoms with Gasteiger partial charge in [0.2, 0.25) is 0 Å². The van der Waals surface area contributed by atoms with E-state index in [-0.39, 0.29) is 11.6 Å². The van der Waals surface area contributed by atoms with Gasteiger partial charge in [-0.3, -0.25) is 0 Å². The summed E-state index contributed by atoms with van der Waals surface area (Å²) in [5, 5.41) is 0. The normalized spacial score (nSPS) is 10.6. The van der Waals surface area contributed by atoms with Gasteiger partial charge >= 0.3 is 0 Å². The molecule has 0 nitrogen and oxygen atoms in total. The lowest BCUT2D eigenvalue weighted by Crippen LogP contribution is -1.86. The van der Waals surface area contributed by atoms with Gasteiger partial charge in [0.25, 0.3) is 0 Å².